The van der Waals surface area contributed by atoms with E-state index in [9.17, 15) is 4.79 Å². The summed E-state index contributed by atoms with van der Waals surface area (Å²) in [5, 5.41) is 12.9. The second-order valence-corrected chi connectivity index (χ2v) is 5.05. The van der Waals surface area contributed by atoms with Crippen LogP contribution in [0.25, 0.3) is 0 Å². The van der Waals surface area contributed by atoms with Gasteiger partial charge in [-0.3, -0.25) is 0 Å². The van der Waals surface area contributed by atoms with Gasteiger partial charge in [0.15, 0.2) is 0 Å². The third-order valence-corrected chi connectivity index (χ3v) is 3.15. The number of halogens is 1. The molecule has 0 saturated heterocycles. The highest BCUT2D eigenvalue weighted by atomic mass is 35.5. The molecule has 20 heavy (non-hydrogen) atoms. The second kappa shape index (κ2) is 5.92. The highest BCUT2D eigenvalue weighted by molar-refractivity contribution is 6.30. The molecule has 1 heterocycles. The maximum Gasteiger partial charge on any atom is 0.335 e. The number of carboxylic acids is 1. The molecule has 1 atom stereocenters. The van der Waals surface area contributed by atoms with Crippen molar-refractivity contribution in [2.75, 3.05) is 5.32 Å². The van der Waals surface area contributed by atoms with E-state index in [4.69, 9.17) is 16.7 Å². The number of nitrogens with one attached hydrogen (secondary N) is 1. The van der Waals surface area contributed by atoms with Crippen molar-refractivity contribution in [3.05, 3.63) is 58.2 Å². The van der Waals surface area contributed by atoms with Gasteiger partial charge < -0.3 is 10.4 Å². The molecule has 0 aliphatic rings. The quantitative estimate of drug-likeness (QED) is 0.896. The third kappa shape index (κ3) is 3.48. The van der Waals surface area contributed by atoms with E-state index < -0.39 is 5.97 Å². The van der Waals surface area contributed by atoms with Crippen molar-refractivity contribution in [2.24, 2.45) is 0 Å². The molecular formula is C15H15ClN2O2. The molecular weight excluding hydrogens is 276 g/mol. The fourth-order valence-electron chi connectivity index (χ4n) is 1.95. The molecule has 5 heteroatoms. The van der Waals surface area contributed by atoms with Crippen LogP contribution in [0.1, 0.15) is 34.6 Å². The summed E-state index contributed by atoms with van der Waals surface area (Å²) in [5.74, 6) is -0.427. The number of nitrogens with zero attached hydrogens (tertiary/aromatic N) is 1. The van der Waals surface area contributed by atoms with Gasteiger partial charge in [-0.15, -0.1) is 0 Å². The van der Waals surface area contributed by atoms with Crippen LogP contribution in [-0.2, 0) is 0 Å². The van der Waals surface area contributed by atoms with Crippen molar-refractivity contribution in [1.82, 2.24) is 4.98 Å². The average Bonchev–Trinajstić information content (AvgIpc) is 2.37. The van der Waals surface area contributed by atoms with Gasteiger partial charge in [0, 0.05) is 16.8 Å². The number of rotatable bonds is 4. The number of benzene rings is 1. The minimum Gasteiger partial charge on any atom is -0.478 e. The van der Waals surface area contributed by atoms with E-state index in [-0.39, 0.29) is 11.6 Å². The topological polar surface area (TPSA) is 62.2 Å². The molecule has 0 amide bonds. The number of aromatic carboxylic acids is 1. The first-order valence-electron chi connectivity index (χ1n) is 6.19. The molecule has 2 aromatic rings. The van der Waals surface area contributed by atoms with Crippen molar-refractivity contribution >= 4 is 23.4 Å². The van der Waals surface area contributed by atoms with E-state index >= 15 is 0 Å². The van der Waals surface area contributed by atoms with Crippen LogP contribution in [0.5, 0.6) is 0 Å². The summed E-state index contributed by atoms with van der Waals surface area (Å²) in [7, 11) is 0. The lowest BCUT2D eigenvalue weighted by atomic mass is 10.1. The Kier molecular flexibility index (Phi) is 4.25. The zero-order chi connectivity index (χ0) is 14.7. The molecule has 0 spiro atoms. The van der Waals surface area contributed by atoms with Crippen LogP contribution in [-0.4, -0.2) is 16.1 Å². The highest BCUT2D eigenvalue weighted by Crippen LogP contribution is 2.21. The Hall–Kier alpha value is -2.07. The average molecular weight is 291 g/mol. The first-order chi connectivity index (χ1) is 9.45. The fraction of sp³-hybridized carbons (Fsp3) is 0.200. The Morgan fingerprint density at radius 2 is 2.10 bits per heavy atom. The van der Waals surface area contributed by atoms with E-state index in [2.05, 4.69) is 10.3 Å². The summed E-state index contributed by atoms with van der Waals surface area (Å²) in [6.45, 7) is 3.73. The van der Waals surface area contributed by atoms with Gasteiger partial charge in [-0.1, -0.05) is 23.7 Å². The summed E-state index contributed by atoms with van der Waals surface area (Å²) in [4.78, 5) is 15.3. The van der Waals surface area contributed by atoms with Gasteiger partial charge in [-0.25, -0.2) is 9.78 Å². The van der Waals surface area contributed by atoms with Crippen LogP contribution >= 0.6 is 11.6 Å². The lowest BCUT2D eigenvalue weighted by Gasteiger charge is -2.16. The Morgan fingerprint density at radius 1 is 1.35 bits per heavy atom. The van der Waals surface area contributed by atoms with E-state index in [1.807, 2.05) is 31.2 Å². The SMILES string of the molecule is Cc1cc(C(=O)O)cc(NC(C)c2cccc(Cl)c2)n1. The third-order valence-electron chi connectivity index (χ3n) is 2.91. The van der Waals surface area contributed by atoms with Crippen molar-refractivity contribution in [3.8, 4) is 0 Å². The Labute approximate surface area is 122 Å². The number of aryl methyl sites for hydroxylation is 1. The van der Waals surface area contributed by atoms with Gasteiger partial charge in [-0.05, 0) is 43.7 Å². The predicted octanol–water partition coefficient (Wildman–Crippen LogP) is 3.91. The Morgan fingerprint density at radius 3 is 2.75 bits per heavy atom. The molecule has 0 fully saturated rings. The smallest absolute Gasteiger partial charge is 0.335 e. The van der Waals surface area contributed by atoms with E-state index in [1.54, 1.807) is 6.92 Å². The van der Waals surface area contributed by atoms with E-state index in [0.717, 1.165) is 5.56 Å². The number of carboxylic acid groups (broad SMARTS) is 1. The standard InChI is InChI=1S/C15H15ClN2O2/c1-9-6-12(15(19)20)8-14(17-9)18-10(2)11-4-3-5-13(16)7-11/h3-8,10H,1-2H3,(H,17,18)(H,19,20). The van der Waals surface area contributed by atoms with Gasteiger partial charge in [-0.2, -0.15) is 0 Å². The van der Waals surface area contributed by atoms with Crippen LogP contribution in [0, 0.1) is 6.92 Å². The van der Waals surface area contributed by atoms with Crippen LogP contribution in [0.2, 0.25) is 5.02 Å². The summed E-state index contributed by atoms with van der Waals surface area (Å²) < 4.78 is 0. The molecule has 2 rings (SSSR count). The molecule has 104 valence electrons. The summed E-state index contributed by atoms with van der Waals surface area (Å²) in [5.41, 5.74) is 1.89. The van der Waals surface area contributed by atoms with Crippen LogP contribution < -0.4 is 5.32 Å². The Balaban J connectivity index is 2.23. The predicted molar refractivity (Wildman–Crippen MR) is 79.4 cm³/mol. The normalized spacial score (nSPS) is 11.9. The summed E-state index contributed by atoms with van der Waals surface area (Å²) in [6, 6.07) is 10.6. The van der Waals surface area contributed by atoms with E-state index in [0.29, 0.717) is 16.5 Å². The molecule has 0 aliphatic carbocycles. The largest absolute Gasteiger partial charge is 0.478 e. The minimum absolute atomic E-state index is 0.0235. The highest BCUT2D eigenvalue weighted by Gasteiger charge is 2.10. The number of anilines is 1. The minimum atomic E-state index is -0.964. The molecule has 0 saturated carbocycles. The first-order valence-corrected chi connectivity index (χ1v) is 6.57. The Bertz CT molecular complexity index is 644. The fourth-order valence-corrected chi connectivity index (χ4v) is 2.15. The van der Waals surface area contributed by atoms with Gasteiger partial charge in [0.1, 0.15) is 5.82 Å². The molecule has 0 radical (unpaired) electrons. The molecule has 1 aromatic heterocycles. The maximum atomic E-state index is 11.0. The number of pyridine rings is 1. The van der Waals surface area contributed by atoms with Crippen molar-refractivity contribution < 1.29 is 9.90 Å². The van der Waals surface area contributed by atoms with Crippen LogP contribution in [0.3, 0.4) is 0 Å². The van der Waals surface area contributed by atoms with Crippen molar-refractivity contribution in [3.63, 3.8) is 0 Å². The van der Waals surface area contributed by atoms with Crippen molar-refractivity contribution in [2.45, 2.75) is 19.9 Å². The number of carbonyl (C=O) groups is 1. The van der Waals surface area contributed by atoms with E-state index in [1.165, 1.54) is 12.1 Å². The number of aromatic nitrogens is 1. The zero-order valence-electron chi connectivity index (χ0n) is 11.2. The van der Waals surface area contributed by atoms with Crippen LogP contribution in [0.15, 0.2) is 36.4 Å². The number of hydrogen-bond acceptors (Lipinski definition) is 3. The number of hydrogen-bond donors (Lipinski definition) is 2. The van der Waals surface area contributed by atoms with Gasteiger partial charge >= 0.3 is 5.97 Å². The zero-order valence-corrected chi connectivity index (χ0v) is 12.0. The summed E-state index contributed by atoms with van der Waals surface area (Å²) in [6.07, 6.45) is 0. The monoisotopic (exact) mass is 290 g/mol. The molecule has 4 nitrogen and oxygen atoms in total. The van der Waals surface area contributed by atoms with Gasteiger partial charge in [0.25, 0.3) is 0 Å². The molecule has 1 unspecified atom stereocenters. The second-order valence-electron chi connectivity index (χ2n) is 4.61. The maximum absolute atomic E-state index is 11.0. The van der Waals surface area contributed by atoms with Gasteiger partial charge in [0.2, 0.25) is 0 Å². The molecule has 2 N–H and O–H groups in total. The molecule has 1 aromatic carbocycles. The van der Waals surface area contributed by atoms with Crippen LogP contribution in [0.4, 0.5) is 5.82 Å². The molecule has 0 aliphatic heterocycles. The van der Waals surface area contributed by atoms with Crippen molar-refractivity contribution in [1.29, 1.82) is 0 Å². The first kappa shape index (κ1) is 14.3. The lowest BCUT2D eigenvalue weighted by molar-refractivity contribution is 0.0696. The molecule has 0 bridgehead atoms. The van der Waals surface area contributed by atoms with Gasteiger partial charge in [0.05, 0.1) is 5.56 Å². The lowest BCUT2D eigenvalue weighted by Crippen LogP contribution is -2.09. The summed E-state index contributed by atoms with van der Waals surface area (Å²) >= 11 is 5.96.